The molecule has 0 saturated carbocycles. The fourth-order valence-corrected chi connectivity index (χ4v) is 3.17. The lowest BCUT2D eigenvalue weighted by atomic mass is 9.90. The SMILES string of the molecule is Nc1ccccc1CC1(F)CCSCC1. The molecule has 0 aliphatic carbocycles. The topological polar surface area (TPSA) is 26.0 Å². The number of hydrogen-bond acceptors (Lipinski definition) is 2. The third-order valence-corrected chi connectivity index (χ3v) is 3.94. The van der Waals surface area contributed by atoms with Crippen molar-refractivity contribution in [3.8, 4) is 0 Å². The molecule has 1 aliphatic rings. The summed E-state index contributed by atoms with van der Waals surface area (Å²) in [5.74, 6) is 1.87. The minimum atomic E-state index is -1.03. The molecule has 1 heterocycles. The summed E-state index contributed by atoms with van der Waals surface area (Å²) in [7, 11) is 0. The summed E-state index contributed by atoms with van der Waals surface area (Å²) in [6.45, 7) is 0. The van der Waals surface area contributed by atoms with Gasteiger partial charge in [-0.15, -0.1) is 0 Å². The largest absolute Gasteiger partial charge is 0.399 e. The molecule has 0 atom stereocenters. The van der Waals surface area contributed by atoms with Crippen LogP contribution in [0.4, 0.5) is 10.1 Å². The molecule has 3 heteroatoms. The number of thioether (sulfide) groups is 1. The number of anilines is 1. The quantitative estimate of drug-likeness (QED) is 0.783. The third-order valence-electron chi connectivity index (χ3n) is 2.95. The maximum atomic E-state index is 14.4. The Balaban J connectivity index is 2.10. The van der Waals surface area contributed by atoms with E-state index in [1.54, 1.807) is 0 Å². The number of benzene rings is 1. The molecule has 2 rings (SSSR count). The average molecular weight is 225 g/mol. The van der Waals surface area contributed by atoms with Crippen LogP contribution in [0.5, 0.6) is 0 Å². The Morgan fingerprint density at radius 2 is 1.93 bits per heavy atom. The molecule has 82 valence electrons. The van der Waals surface area contributed by atoms with Crippen LogP contribution in [0.25, 0.3) is 0 Å². The van der Waals surface area contributed by atoms with Gasteiger partial charge in [0.2, 0.25) is 0 Å². The van der Waals surface area contributed by atoms with Crippen LogP contribution in [0.1, 0.15) is 18.4 Å². The summed E-state index contributed by atoms with van der Waals surface area (Å²) >= 11 is 1.84. The molecule has 1 aromatic rings. The highest BCUT2D eigenvalue weighted by molar-refractivity contribution is 7.99. The lowest BCUT2D eigenvalue weighted by Crippen LogP contribution is -2.31. The molecule has 0 aromatic heterocycles. The molecule has 0 unspecified atom stereocenters. The number of alkyl halides is 1. The van der Waals surface area contributed by atoms with Crippen LogP contribution in [-0.4, -0.2) is 17.2 Å². The lowest BCUT2D eigenvalue weighted by molar-refractivity contribution is 0.150. The predicted octanol–water partition coefficient (Wildman–Crippen LogP) is 3.05. The smallest absolute Gasteiger partial charge is 0.116 e. The van der Waals surface area contributed by atoms with Crippen LogP contribution in [0.2, 0.25) is 0 Å². The zero-order valence-corrected chi connectivity index (χ0v) is 9.52. The van der Waals surface area contributed by atoms with Crippen molar-refractivity contribution in [1.82, 2.24) is 0 Å². The third kappa shape index (κ3) is 2.65. The number of nitrogens with two attached hydrogens (primary N) is 1. The zero-order chi connectivity index (χ0) is 10.7. The van der Waals surface area contributed by atoms with Crippen LogP contribution in [0.15, 0.2) is 24.3 Å². The summed E-state index contributed by atoms with van der Waals surface area (Å²) in [5, 5.41) is 0. The van der Waals surface area contributed by atoms with Gasteiger partial charge in [-0.05, 0) is 36.0 Å². The standard InChI is InChI=1S/C12H16FNS/c13-12(5-7-15-8-6-12)9-10-3-1-2-4-11(10)14/h1-4H,5-9,14H2. The van der Waals surface area contributed by atoms with Crippen LogP contribution < -0.4 is 5.73 Å². The molecule has 1 aromatic carbocycles. The van der Waals surface area contributed by atoms with Gasteiger partial charge in [0.1, 0.15) is 5.67 Å². The van der Waals surface area contributed by atoms with Gasteiger partial charge in [-0.2, -0.15) is 11.8 Å². The van der Waals surface area contributed by atoms with Gasteiger partial charge in [0.25, 0.3) is 0 Å². The first-order valence-corrected chi connectivity index (χ1v) is 6.45. The zero-order valence-electron chi connectivity index (χ0n) is 8.71. The van der Waals surface area contributed by atoms with Gasteiger partial charge in [0, 0.05) is 12.1 Å². The fourth-order valence-electron chi connectivity index (χ4n) is 1.95. The molecule has 0 amide bonds. The maximum absolute atomic E-state index is 14.4. The minimum absolute atomic E-state index is 0.472. The molecule has 1 nitrogen and oxygen atoms in total. The van der Waals surface area contributed by atoms with Gasteiger partial charge in [0.05, 0.1) is 0 Å². The molecule has 1 saturated heterocycles. The van der Waals surface area contributed by atoms with Gasteiger partial charge in [-0.25, -0.2) is 4.39 Å². The van der Waals surface area contributed by atoms with Gasteiger partial charge in [-0.3, -0.25) is 0 Å². The lowest BCUT2D eigenvalue weighted by Gasteiger charge is -2.29. The Bertz CT molecular complexity index is 334. The van der Waals surface area contributed by atoms with Gasteiger partial charge < -0.3 is 5.73 Å². The van der Waals surface area contributed by atoms with E-state index in [1.807, 2.05) is 36.0 Å². The monoisotopic (exact) mass is 225 g/mol. The van der Waals surface area contributed by atoms with Crippen molar-refractivity contribution in [1.29, 1.82) is 0 Å². The second-order valence-electron chi connectivity index (χ2n) is 4.14. The average Bonchev–Trinajstić information content (AvgIpc) is 2.22. The Labute approximate surface area is 94.2 Å². The Hall–Kier alpha value is -0.700. The Morgan fingerprint density at radius 1 is 1.27 bits per heavy atom. The molecular formula is C12H16FNS. The number of halogens is 1. The van der Waals surface area contributed by atoms with E-state index in [-0.39, 0.29) is 0 Å². The normalized spacial score (nSPS) is 20.1. The van der Waals surface area contributed by atoms with E-state index in [0.29, 0.717) is 24.9 Å². The van der Waals surface area contributed by atoms with Crippen LogP contribution in [-0.2, 0) is 6.42 Å². The number of rotatable bonds is 2. The van der Waals surface area contributed by atoms with E-state index >= 15 is 0 Å². The number of nitrogen functional groups attached to an aromatic ring is 1. The number of para-hydroxylation sites is 1. The van der Waals surface area contributed by atoms with Gasteiger partial charge in [-0.1, -0.05) is 18.2 Å². The molecule has 2 N–H and O–H groups in total. The minimum Gasteiger partial charge on any atom is -0.399 e. The van der Waals surface area contributed by atoms with Crippen LogP contribution in [0, 0.1) is 0 Å². The van der Waals surface area contributed by atoms with E-state index < -0.39 is 5.67 Å². The van der Waals surface area contributed by atoms with E-state index in [9.17, 15) is 4.39 Å². The van der Waals surface area contributed by atoms with Crippen molar-refractivity contribution in [2.75, 3.05) is 17.2 Å². The van der Waals surface area contributed by atoms with Crippen molar-refractivity contribution < 1.29 is 4.39 Å². The number of hydrogen-bond donors (Lipinski definition) is 1. The highest BCUT2D eigenvalue weighted by Crippen LogP contribution is 2.34. The first kappa shape index (κ1) is 10.8. The van der Waals surface area contributed by atoms with Crippen molar-refractivity contribution in [2.45, 2.75) is 24.9 Å². The summed E-state index contributed by atoms with van der Waals surface area (Å²) < 4.78 is 14.4. The van der Waals surface area contributed by atoms with Gasteiger partial charge >= 0.3 is 0 Å². The molecule has 1 aliphatic heterocycles. The van der Waals surface area contributed by atoms with E-state index in [1.165, 1.54) is 0 Å². The first-order valence-electron chi connectivity index (χ1n) is 5.30. The summed E-state index contributed by atoms with van der Waals surface area (Å²) in [6.07, 6.45) is 1.79. The molecule has 0 spiro atoms. The van der Waals surface area contributed by atoms with Crippen molar-refractivity contribution in [3.05, 3.63) is 29.8 Å². The molecule has 15 heavy (non-hydrogen) atoms. The van der Waals surface area contributed by atoms with Crippen molar-refractivity contribution >= 4 is 17.4 Å². The predicted molar refractivity (Wildman–Crippen MR) is 65.0 cm³/mol. The fraction of sp³-hybridized carbons (Fsp3) is 0.500. The first-order chi connectivity index (χ1) is 7.20. The second-order valence-corrected chi connectivity index (χ2v) is 5.36. The summed E-state index contributed by atoms with van der Waals surface area (Å²) in [6, 6.07) is 7.59. The Kier molecular flexibility index (Phi) is 3.19. The molecule has 0 bridgehead atoms. The molecular weight excluding hydrogens is 209 g/mol. The van der Waals surface area contributed by atoms with E-state index in [0.717, 1.165) is 17.1 Å². The van der Waals surface area contributed by atoms with Gasteiger partial charge in [0.15, 0.2) is 0 Å². The van der Waals surface area contributed by atoms with Crippen LogP contribution in [0.3, 0.4) is 0 Å². The Morgan fingerprint density at radius 3 is 2.60 bits per heavy atom. The van der Waals surface area contributed by atoms with Crippen LogP contribution >= 0.6 is 11.8 Å². The summed E-state index contributed by atoms with van der Waals surface area (Å²) in [5.41, 5.74) is 6.46. The highest BCUT2D eigenvalue weighted by atomic mass is 32.2. The second kappa shape index (κ2) is 4.44. The highest BCUT2D eigenvalue weighted by Gasteiger charge is 2.32. The van der Waals surface area contributed by atoms with E-state index in [2.05, 4.69) is 0 Å². The van der Waals surface area contributed by atoms with E-state index in [4.69, 9.17) is 5.73 Å². The maximum Gasteiger partial charge on any atom is 0.116 e. The molecule has 1 fully saturated rings. The van der Waals surface area contributed by atoms with Crippen molar-refractivity contribution in [3.63, 3.8) is 0 Å². The summed E-state index contributed by atoms with van der Waals surface area (Å²) in [4.78, 5) is 0. The molecule has 0 radical (unpaired) electrons. The van der Waals surface area contributed by atoms with Crippen molar-refractivity contribution in [2.24, 2.45) is 0 Å².